The lowest BCUT2D eigenvalue weighted by Crippen LogP contribution is -1.86. The van der Waals surface area contributed by atoms with Crippen LogP contribution in [0.5, 0.6) is 0 Å². The predicted octanol–water partition coefficient (Wildman–Crippen LogP) is 5.66. The Hall–Kier alpha value is -4.56. The molecule has 0 fully saturated rings. The molecule has 0 atom stereocenters. The topological polar surface area (TPSA) is 129 Å². The maximum absolute atomic E-state index is 12.1. The summed E-state index contributed by atoms with van der Waals surface area (Å²) >= 11 is 0. The zero-order chi connectivity index (χ0) is 22.7. The monoisotopic (exact) mass is 483 g/mol. The smallest absolute Gasteiger partial charge is 0.269 e. The molecular weight excluding hydrogens is 468 g/mol. The van der Waals surface area contributed by atoms with Gasteiger partial charge < -0.3 is 0 Å². The van der Waals surface area contributed by atoms with Crippen molar-refractivity contribution in [2.24, 2.45) is 0 Å². The van der Waals surface area contributed by atoms with Gasteiger partial charge in [-0.05, 0) is 36.4 Å². The number of nitrogens with zero attached hydrogens (tertiary/aromatic N) is 3. The van der Waals surface area contributed by atoms with Gasteiger partial charge in [0.25, 0.3) is 17.1 Å². The summed E-state index contributed by atoms with van der Waals surface area (Å²) in [4.78, 5) is 28.3. The van der Waals surface area contributed by atoms with E-state index in [1.165, 1.54) is 0 Å². The highest BCUT2D eigenvalue weighted by Crippen LogP contribution is 2.11. The molecule has 0 heterocycles. The van der Waals surface area contributed by atoms with Gasteiger partial charge in [0.1, 0.15) is 17.5 Å². The lowest BCUT2D eigenvalue weighted by molar-refractivity contribution is -0.385. The van der Waals surface area contributed by atoms with Crippen LogP contribution in [0.15, 0.2) is 72.8 Å². The lowest BCUT2D eigenvalue weighted by Gasteiger charge is -1.87. The van der Waals surface area contributed by atoms with Crippen LogP contribution in [0.3, 0.4) is 0 Å². The van der Waals surface area contributed by atoms with Crippen molar-refractivity contribution in [3.05, 3.63) is 121 Å². The van der Waals surface area contributed by atoms with E-state index in [9.17, 15) is 43.5 Å². The Kier molecular flexibility index (Phi) is 16.2. The quantitative estimate of drug-likeness (QED) is 0.269. The fraction of sp³-hybridized carbons (Fsp3) is 0. The minimum absolute atomic E-state index is 0. The molecule has 0 saturated heterocycles. The summed E-state index contributed by atoms with van der Waals surface area (Å²) < 4.78 is 36.4. The van der Waals surface area contributed by atoms with E-state index in [1.807, 2.05) is 0 Å². The second-order valence-corrected chi connectivity index (χ2v) is 5.20. The Balaban J connectivity index is -0.000000391. The second kappa shape index (κ2) is 16.2. The van der Waals surface area contributed by atoms with E-state index in [1.54, 1.807) is 0 Å². The van der Waals surface area contributed by atoms with Gasteiger partial charge in [0.05, 0.1) is 14.8 Å². The van der Waals surface area contributed by atoms with Crippen molar-refractivity contribution < 1.29 is 42.1 Å². The standard InChI is InChI=1S/3C6H4FNO2.3FH/c3*7-5-1-3-6(4-2-5)8(9)10;;;/h3*1-4H;3*1H. The molecule has 0 aliphatic rings. The summed E-state index contributed by atoms with van der Waals surface area (Å²) in [5, 5.41) is 30.0. The van der Waals surface area contributed by atoms with E-state index in [4.69, 9.17) is 0 Å². The van der Waals surface area contributed by atoms with Gasteiger partial charge in [-0.3, -0.25) is 44.5 Å². The molecule has 180 valence electrons. The van der Waals surface area contributed by atoms with Gasteiger partial charge in [-0.25, -0.2) is 13.2 Å². The molecule has 0 saturated carbocycles. The summed E-state index contributed by atoms with van der Waals surface area (Å²) in [6.07, 6.45) is 0. The highest BCUT2D eigenvalue weighted by molar-refractivity contribution is 5.30. The molecule has 0 amide bonds. The molecule has 0 aromatic heterocycles. The Morgan fingerprint density at radius 2 is 0.576 bits per heavy atom. The summed E-state index contributed by atoms with van der Waals surface area (Å²) in [6, 6.07) is 13.0. The van der Waals surface area contributed by atoms with E-state index >= 15 is 0 Å². The van der Waals surface area contributed by atoms with Gasteiger partial charge in [0.2, 0.25) is 0 Å². The van der Waals surface area contributed by atoms with Crippen molar-refractivity contribution in [1.29, 1.82) is 0 Å². The van der Waals surface area contributed by atoms with Crippen molar-refractivity contribution in [2.45, 2.75) is 0 Å². The van der Waals surface area contributed by atoms with E-state index in [-0.39, 0.29) is 31.2 Å². The van der Waals surface area contributed by atoms with Gasteiger partial charge in [-0.2, -0.15) is 0 Å². The molecule has 3 rings (SSSR count). The third-order valence-electron chi connectivity index (χ3n) is 3.11. The summed E-state index contributed by atoms with van der Waals surface area (Å²) in [5.74, 6) is -1.40. The number of non-ortho nitro benzene ring substituents is 3. The number of hydrogen-bond acceptors (Lipinski definition) is 6. The van der Waals surface area contributed by atoms with E-state index in [0.29, 0.717) is 0 Å². The van der Waals surface area contributed by atoms with Crippen LogP contribution in [0.2, 0.25) is 0 Å². The average molecular weight is 483 g/mol. The Bertz CT molecular complexity index is 874. The predicted molar refractivity (Wildman–Crippen MR) is 107 cm³/mol. The molecule has 9 nitrogen and oxygen atoms in total. The Morgan fingerprint density at radius 1 is 0.424 bits per heavy atom. The van der Waals surface area contributed by atoms with Crippen molar-refractivity contribution >= 4 is 17.1 Å². The SMILES string of the molecule is F.F.F.O=[N+]([O-])c1ccc(F)cc1.O=[N+]([O-])c1ccc(F)cc1.O=[N+]([O-])c1ccc(F)cc1. The van der Waals surface area contributed by atoms with Gasteiger partial charge in [0.15, 0.2) is 0 Å². The maximum Gasteiger partial charge on any atom is 0.269 e. The molecule has 15 heteroatoms. The van der Waals surface area contributed by atoms with Crippen molar-refractivity contribution in [2.75, 3.05) is 0 Å². The van der Waals surface area contributed by atoms with Crippen LogP contribution < -0.4 is 0 Å². The van der Waals surface area contributed by atoms with Crippen LogP contribution in [0, 0.1) is 47.8 Å². The molecule has 0 spiro atoms. The van der Waals surface area contributed by atoms with Gasteiger partial charge in [0, 0.05) is 36.4 Å². The fourth-order valence-electron chi connectivity index (χ4n) is 1.69. The number of hydrogen-bond donors (Lipinski definition) is 0. The van der Waals surface area contributed by atoms with Crippen LogP contribution in [0.25, 0.3) is 0 Å². The van der Waals surface area contributed by atoms with Gasteiger partial charge in [-0.1, -0.05) is 0 Å². The largest absolute Gasteiger partial charge is 0.269 e. The Labute approximate surface area is 180 Å². The fourth-order valence-corrected chi connectivity index (χ4v) is 1.69. The number of nitro benzene ring substituents is 3. The van der Waals surface area contributed by atoms with Crippen LogP contribution in [-0.4, -0.2) is 14.8 Å². The highest BCUT2D eigenvalue weighted by Gasteiger charge is 2.03. The van der Waals surface area contributed by atoms with Crippen molar-refractivity contribution in [3.63, 3.8) is 0 Å². The molecule has 0 radical (unpaired) electrons. The Morgan fingerprint density at radius 3 is 0.697 bits per heavy atom. The molecule has 0 aliphatic carbocycles. The molecular formula is C18H15F6N3O6. The van der Waals surface area contributed by atoms with Gasteiger partial charge >= 0.3 is 0 Å². The van der Waals surface area contributed by atoms with Crippen LogP contribution >= 0.6 is 0 Å². The number of nitro groups is 3. The van der Waals surface area contributed by atoms with E-state index in [2.05, 4.69) is 0 Å². The third kappa shape index (κ3) is 12.7. The van der Waals surface area contributed by atoms with E-state index < -0.39 is 32.2 Å². The number of benzene rings is 3. The minimum atomic E-state index is -0.570. The molecule has 0 N–H and O–H groups in total. The maximum atomic E-state index is 12.1. The number of rotatable bonds is 3. The minimum Gasteiger partial charge on any atom is -0.269 e. The molecule has 0 unspecified atom stereocenters. The lowest BCUT2D eigenvalue weighted by atomic mass is 10.3. The normalized spacial score (nSPS) is 8.45. The molecule has 3 aromatic rings. The molecule has 3 aromatic carbocycles. The number of halogens is 6. The highest BCUT2D eigenvalue weighted by atomic mass is 19.1. The van der Waals surface area contributed by atoms with Crippen LogP contribution in [0.4, 0.5) is 44.3 Å². The van der Waals surface area contributed by atoms with Crippen molar-refractivity contribution in [3.8, 4) is 0 Å². The van der Waals surface area contributed by atoms with E-state index in [0.717, 1.165) is 72.8 Å². The van der Waals surface area contributed by atoms with Gasteiger partial charge in [-0.15, -0.1) is 0 Å². The summed E-state index contributed by atoms with van der Waals surface area (Å²) in [7, 11) is 0. The first-order chi connectivity index (χ1) is 14.1. The molecule has 0 aliphatic heterocycles. The average Bonchev–Trinajstić information content (AvgIpc) is 2.70. The van der Waals surface area contributed by atoms with Crippen LogP contribution in [-0.2, 0) is 0 Å². The zero-order valence-electron chi connectivity index (χ0n) is 16.1. The molecule has 0 bridgehead atoms. The third-order valence-corrected chi connectivity index (χ3v) is 3.11. The second-order valence-electron chi connectivity index (χ2n) is 5.20. The first-order valence-corrected chi connectivity index (χ1v) is 7.80. The molecule has 33 heavy (non-hydrogen) atoms. The first kappa shape index (κ1) is 33.1. The van der Waals surface area contributed by atoms with Crippen molar-refractivity contribution in [1.82, 2.24) is 0 Å². The summed E-state index contributed by atoms with van der Waals surface area (Å²) in [5.41, 5.74) is -0.288. The summed E-state index contributed by atoms with van der Waals surface area (Å²) in [6.45, 7) is 0. The zero-order valence-corrected chi connectivity index (χ0v) is 16.1. The van der Waals surface area contributed by atoms with Crippen LogP contribution in [0.1, 0.15) is 0 Å². The first-order valence-electron chi connectivity index (χ1n) is 7.80.